The minimum Gasteiger partial charge on any atom is -0.496 e. The van der Waals surface area contributed by atoms with E-state index in [2.05, 4.69) is 10.6 Å². The van der Waals surface area contributed by atoms with Crippen molar-refractivity contribution in [2.45, 2.75) is 37.8 Å². The number of aromatic nitrogens is 2. The maximum atomic E-state index is 5.63. The molecule has 0 bridgehead atoms. The number of hydrogen-bond acceptors (Lipinski definition) is 6. The van der Waals surface area contributed by atoms with Gasteiger partial charge >= 0.3 is 0 Å². The van der Waals surface area contributed by atoms with E-state index in [9.17, 15) is 0 Å². The van der Waals surface area contributed by atoms with Crippen molar-refractivity contribution in [1.29, 1.82) is 0 Å². The van der Waals surface area contributed by atoms with Crippen LogP contribution in [0.15, 0.2) is 60.7 Å². The van der Waals surface area contributed by atoms with Gasteiger partial charge in [0.15, 0.2) is 0 Å². The second-order valence-electron chi connectivity index (χ2n) is 8.24. The second kappa shape index (κ2) is 8.91. The van der Waals surface area contributed by atoms with Crippen molar-refractivity contribution in [2.75, 3.05) is 24.9 Å². The fourth-order valence-corrected chi connectivity index (χ4v) is 4.63. The van der Waals surface area contributed by atoms with Crippen LogP contribution in [0.2, 0.25) is 0 Å². The fraction of sp³-hybridized carbons (Fsp3) is 0.308. The van der Waals surface area contributed by atoms with Crippen LogP contribution in [0.5, 0.6) is 11.5 Å². The van der Waals surface area contributed by atoms with Gasteiger partial charge in [-0.25, -0.2) is 9.97 Å². The van der Waals surface area contributed by atoms with Gasteiger partial charge < -0.3 is 20.1 Å². The van der Waals surface area contributed by atoms with Gasteiger partial charge in [0.25, 0.3) is 0 Å². The van der Waals surface area contributed by atoms with Gasteiger partial charge in [-0.05, 0) is 37.1 Å². The van der Waals surface area contributed by atoms with Gasteiger partial charge in [-0.1, -0.05) is 37.1 Å². The lowest BCUT2D eigenvalue weighted by atomic mass is 9.90. The SMILES string of the molecule is COc1cc(N[C@@H]2CCCC[C@H]2Nc2cc(OC)c3ccccc3n2)nc2ccccc12. The largest absolute Gasteiger partial charge is 0.496 e. The maximum Gasteiger partial charge on any atom is 0.131 e. The number of rotatable bonds is 6. The summed E-state index contributed by atoms with van der Waals surface area (Å²) in [6.07, 6.45) is 4.52. The number of pyridine rings is 2. The van der Waals surface area contributed by atoms with Gasteiger partial charge in [0, 0.05) is 35.0 Å². The van der Waals surface area contributed by atoms with Crippen LogP contribution < -0.4 is 20.1 Å². The topological polar surface area (TPSA) is 68.3 Å². The summed E-state index contributed by atoms with van der Waals surface area (Å²) in [4.78, 5) is 9.67. The molecule has 2 atom stereocenters. The Morgan fingerprint density at radius 3 is 1.56 bits per heavy atom. The lowest BCUT2D eigenvalue weighted by Gasteiger charge is -2.33. The van der Waals surface area contributed by atoms with Crippen LogP contribution in [0.1, 0.15) is 25.7 Å². The number of benzene rings is 2. The van der Waals surface area contributed by atoms with Crippen LogP contribution in [0, 0.1) is 0 Å². The Morgan fingerprint density at radius 1 is 0.688 bits per heavy atom. The molecular formula is C26H28N4O2. The Hall–Kier alpha value is -3.54. The van der Waals surface area contributed by atoms with Crippen LogP contribution >= 0.6 is 0 Å². The first-order valence-electron chi connectivity index (χ1n) is 11.2. The summed E-state index contributed by atoms with van der Waals surface area (Å²) in [5, 5.41) is 9.38. The van der Waals surface area contributed by atoms with Gasteiger partial charge in [0.2, 0.25) is 0 Å². The number of fused-ring (bicyclic) bond motifs is 2. The number of nitrogens with zero attached hydrogens (tertiary/aromatic N) is 2. The van der Waals surface area contributed by atoms with Crippen LogP contribution in [-0.2, 0) is 0 Å². The number of ether oxygens (including phenoxy) is 2. The van der Waals surface area contributed by atoms with E-state index in [4.69, 9.17) is 19.4 Å². The molecule has 0 unspecified atom stereocenters. The lowest BCUT2D eigenvalue weighted by molar-refractivity contribution is 0.414. The molecule has 2 heterocycles. The van der Waals surface area contributed by atoms with Crippen LogP contribution in [0.25, 0.3) is 21.8 Å². The highest BCUT2D eigenvalue weighted by molar-refractivity contribution is 5.87. The molecule has 1 aliphatic carbocycles. The van der Waals surface area contributed by atoms with E-state index in [1.165, 1.54) is 12.8 Å². The molecule has 2 aromatic heterocycles. The summed E-state index contributed by atoms with van der Waals surface area (Å²) in [5.74, 6) is 3.34. The average Bonchev–Trinajstić information content (AvgIpc) is 2.84. The monoisotopic (exact) mass is 428 g/mol. The van der Waals surface area contributed by atoms with E-state index in [0.717, 1.165) is 57.8 Å². The third-order valence-electron chi connectivity index (χ3n) is 6.23. The van der Waals surface area contributed by atoms with Gasteiger partial charge in [-0.15, -0.1) is 0 Å². The van der Waals surface area contributed by atoms with Crippen molar-refractivity contribution in [3.63, 3.8) is 0 Å². The smallest absolute Gasteiger partial charge is 0.131 e. The van der Waals surface area contributed by atoms with Gasteiger partial charge in [-0.2, -0.15) is 0 Å². The number of nitrogens with one attached hydrogen (secondary N) is 2. The first-order chi connectivity index (χ1) is 15.7. The summed E-state index contributed by atoms with van der Waals surface area (Å²) in [5.41, 5.74) is 1.85. The Kier molecular flexibility index (Phi) is 5.67. The Balaban J connectivity index is 1.41. The Labute approximate surface area is 188 Å². The van der Waals surface area contributed by atoms with Crippen molar-refractivity contribution in [2.24, 2.45) is 0 Å². The minimum atomic E-state index is 0.237. The summed E-state index contributed by atoms with van der Waals surface area (Å²) >= 11 is 0. The van der Waals surface area contributed by atoms with Gasteiger partial charge in [0.05, 0.1) is 25.3 Å². The minimum absolute atomic E-state index is 0.237. The molecule has 6 heteroatoms. The van der Waals surface area contributed by atoms with Crippen molar-refractivity contribution in [3.05, 3.63) is 60.7 Å². The average molecular weight is 429 g/mol. The van der Waals surface area contributed by atoms with Crippen molar-refractivity contribution < 1.29 is 9.47 Å². The van der Waals surface area contributed by atoms with E-state index < -0.39 is 0 Å². The number of methoxy groups -OCH3 is 2. The molecule has 1 fully saturated rings. The molecule has 0 amide bonds. The molecule has 0 spiro atoms. The molecule has 0 saturated heterocycles. The Bertz CT molecular complexity index is 1150. The molecule has 6 nitrogen and oxygen atoms in total. The molecular weight excluding hydrogens is 400 g/mol. The number of anilines is 2. The van der Waals surface area contributed by atoms with Gasteiger partial charge in [0.1, 0.15) is 23.1 Å². The van der Waals surface area contributed by atoms with E-state index in [1.54, 1.807) is 14.2 Å². The van der Waals surface area contributed by atoms with E-state index in [0.29, 0.717) is 0 Å². The van der Waals surface area contributed by atoms with Crippen LogP contribution in [-0.4, -0.2) is 36.3 Å². The first-order valence-corrected chi connectivity index (χ1v) is 11.2. The van der Waals surface area contributed by atoms with Crippen molar-refractivity contribution in [1.82, 2.24) is 9.97 Å². The molecule has 0 aliphatic heterocycles. The zero-order chi connectivity index (χ0) is 21.9. The third-order valence-corrected chi connectivity index (χ3v) is 6.23. The van der Waals surface area contributed by atoms with Crippen molar-refractivity contribution in [3.8, 4) is 11.5 Å². The standard InChI is InChI=1S/C26H28N4O2/c1-31-23-15-25(27-19-11-5-3-9-17(19)23)29-21-13-7-8-14-22(21)30-26-16-24(32-2)18-10-4-6-12-20(18)28-26/h3-6,9-12,15-16,21-22H,7-8,13-14H2,1-2H3,(H,27,29)(H,28,30)/t21-,22-/m1/s1. The molecule has 164 valence electrons. The molecule has 2 N–H and O–H groups in total. The first kappa shape index (κ1) is 20.4. The zero-order valence-electron chi connectivity index (χ0n) is 18.5. The normalized spacial score (nSPS) is 18.4. The van der Waals surface area contributed by atoms with Crippen LogP contribution in [0.4, 0.5) is 11.6 Å². The predicted molar refractivity (Wildman–Crippen MR) is 130 cm³/mol. The van der Waals surface area contributed by atoms with E-state index >= 15 is 0 Å². The molecule has 1 saturated carbocycles. The molecule has 5 rings (SSSR count). The number of para-hydroxylation sites is 2. The highest BCUT2D eigenvalue weighted by Gasteiger charge is 2.26. The number of hydrogen-bond donors (Lipinski definition) is 2. The van der Waals surface area contributed by atoms with Crippen LogP contribution in [0.3, 0.4) is 0 Å². The molecule has 1 aliphatic rings. The Morgan fingerprint density at radius 2 is 1.12 bits per heavy atom. The zero-order valence-corrected chi connectivity index (χ0v) is 18.5. The van der Waals surface area contributed by atoms with Gasteiger partial charge in [-0.3, -0.25) is 0 Å². The summed E-state index contributed by atoms with van der Waals surface area (Å²) in [7, 11) is 3.41. The quantitative estimate of drug-likeness (QED) is 0.414. The molecule has 0 radical (unpaired) electrons. The van der Waals surface area contributed by atoms with E-state index in [-0.39, 0.29) is 12.1 Å². The molecule has 4 aromatic rings. The second-order valence-corrected chi connectivity index (χ2v) is 8.24. The maximum absolute atomic E-state index is 5.63. The summed E-state index contributed by atoms with van der Waals surface area (Å²) < 4.78 is 11.3. The molecule has 32 heavy (non-hydrogen) atoms. The third kappa shape index (κ3) is 4.00. The predicted octanol–water partition coefficient (Wildman–Crippen LogP) is 5.64. The highest BCUT2D eigenvalue weighted by atomic mass is 16.5. The summed E-state index contributed by atoms with van der Waals surface area (Å²) in [6.45, 7) is 0. The lowest BCUT2D eigenvalue weighted by Crippen LogP contribution is -2.42. The van der Waals surface area contributed by atoms with E-state index in [1.807, 2.05) is 60.7 Å². The summed E-state index contributed by atoms with van der Waals surface area (Å²) in [6, 6.07) is 20.6. The highest BCUT2D eigenvalue weighted by Crippen LogP contribution is 2.31. The van der Waals surface area contributed by atoms with Crippen molar-refractivity contribution >= 4 is 33.4 Å². The fourth-order valence-electron chi connectivity index (χ4n) is 4.63. The molecule has 2 aromatic carbocycles.